The molecule has 0 aliphatic heterocycles. The number of aromatic nitrogens is 4. The Morgan fingerprint density at radius 1 is 0.827 bits per heavy atom. The fourth-order valence-corrected chi connectivity index (χ4v) is 7.43. The van der Waals surface area contributed by atoms with Gasteiger partial charge in [-0.3, -0.25) is 20.0 Å². The van der Waals surface area contributed by atoms with Gasteiger partial charge in [-0.25, -0.2) is 32.3 Å². The number of methoxy groups -OCH3 is 1. The lowest BCUT2D eigenvalue weighted by molar-refractivity contribution is -0.135. The number of nitrogens with zero attached hydrogens (tertiary/aromatic N) is 4. The highest BCUT2D eigenvalue weighted by atomic mass is 35.5. The Labute approximate surface area is 440 Å². The summed E-state index contributed by atoms with van der Waals surface area (Å²) in [5, 5.41) is 34.8. The standard InChI is InChI=1S/C15H18Cl2N2O3.C14H10F4N4O7S.C8H6Cl2O3.C3H8NO5P/c1-8(2)21-12-7-11(9(16)6-10(12)17)19-14(20)22-13(18-19)15(3,4)5;15-11(16)28-8-5-9(29-12(17)18)20-13(19-8)21-14(25)22-30(26,27)7-4-2-1-3-6(7)10(23)24;1-13-7-5(10)3-2-4(9)6(7)8(11)12;5-3(6)1-4-2-10(7,8)9/h6-8H,1-5H3;1-5,11-12H,(H,23,24)(H2,19,20,21,22,25);2-3H,1H3,(H,11,12);4H,1-2H2,(H,5,6)(H2,7,8,9). The lowest BCUT2D eigenvalue weighted by Gasteiger charge is -2.13. The van der Waals surface area contributed by atoms with Crippen molar-refractivity contribution in [2.45, 2.75) is 64.3 Å². The molecule has 0 aliphatic rings. The molecule has 0 aliphatic carbocycles. The Balaban J connectivity index is 0.000000373. The van der Waals surface area contributed by atoms with Crippen molar-refractivity contribution in [1.82, 2.24) is 29.8 Å². The van der Waals surface area contributed by atoms with E-state index in [4.69, 9.17) is 85.4 Å². The summed E-state index contributed by atoms with van der Waals surface area (Å²) in [5.74, 6) is -6.52. The monoisotopic (exact) mass is 1190 g/mol. The Bertz CT molecular complexity index is 3030. The molecule has 5 rings (SSSR count). The molecule has 8 N–H and O–H groups in total. The first-order valence-electron chi connectivity index (χ1n) is 20.0. The first-order chi connectivity index (χ1) is 34.6. The zero-order valence-corrected chi connectivity index (χ0v) is 43.8. The van der Waals surface area contributed by atoms with Crippen molar-refractivity contribution in [2.24, 2.45) is 0 Å². The number of alkyl halides is 4. The molecule has 0 saturated carbocycles. The topological polar surface area (TPSA) is 367 Å². The van der Waals surface area contributed by atoms with Crippen molar-refractivity contribution in [2.75, 3.05) is 25.3 Å². The van der Waals surface area contributed by atoms with E-state index in [2.05, 4.69) is 29.9 Å². The van der Waals surface area contributed by atoms with E-state index in [1.54, 1.807) is 11.4 Å². The minimum Gasteiger partial charge on any atom is -0.494 e. The number of halogens is 8. The molecular weight excluding hydrogens is 1150 g/mol. The largest absolute Gasteiger partial charge is 0.494 e. The third-order valence-electron chi connectivity index (χ3n) is 7.81. The summed E-state index contributed by atoms with van der Waals surface area (Å²) in [7, 11) is -7.47. The summed E-state index contributed by atoms with van der Waals surface area (Å²) in [6, 6.07) is 9.23. The molecule has 0 saturated heterocycles. The quantitative estimate of drug-likeness (QED) is 0.0328. The van der Waals surface area contributed by atoms with Crippen LogP contribution in [0.15, 0.2) is 68.7 Å². The number of hydrogen-bond donors (Lipinski definition) is 8. The van der Waals surface area contributed by atoms with Crippen LogP contribution in [-0.4, -0.2) is 116 Å². The van der Waals surface area contributed by atoms with Crippen LogP contribution in [0.4, 0.5) is 28.3 Å². The maximum atomic E-state index is 12.3. The molecule has 2 amide bonds. The molecule has 0 fully saturated rings. The number of carbonyl (C=O) groups excluding carboxylic acids is 1. The van der Waals surface area contributed by atoms with Gasteiger partial charge < -0.3 is 48.5 Å². The molecule has 0 spiro atoms. The van der Waals surface area contributed by atoms with Crippen LogP contribution < -0.4 is 40.1 Å². The fraction of sp³-hybridized carbons (Fsp3) is 0.300. The number of sulfonamides is 1. The Morgan fingerprint density at radius 3 is 1.84 bits per heavy atom. The van der Waals surface area contributed by atoms with Gasteiger partial charge in [-0.2, -0.15) is 32.2 Å². The van der Waals surface area contributed by atoms with Gasteiger partial charge in [-0.1, -0.05) is 79.3 Å². The first-order valence-corrected chi connectivity index (χ1v) is 24.8. The number of rotatable bonds is 17. The predicted octanol–water partition coefficient (Wildman–Crippen LogP) is 7.60. The number of benzene rings is 3. The SMILES string of the molecule is CC(C)Oc1cc(-n2nc(C(C)(C)C)oc2=O)c(Cl)cc1Cl.COc1c(Cl)ccc(Cl)c1C(=O)O.O=C(Nc1nc(OC(F)F)cc(OC(F)F)n1)NS(=O)(=O)c1ccccc1C(=O)O.O=C(O)CNCP(=O)(O)O. The number of nitrogens with one attached hydrogen (secondary N) is 3. The summed E-state index contributed by atoms with van der Waals surface area (Å²) in [6.45, 7) is 2.21. The van der Waals surface area contributed by atoms with Crippen LogP contribution in [0.5, 0.6) is 23.3 Å². The van der Waals surface area contributed by atoms with E-state index in [1.165, 1.54) is 42.2 Å². The van der Waals surface area contributed by atoms with E-state index in [0.717, 1.165) is 16.8 Å². The van der Waals surface area contributed by atoms with Gasteiger partial charge >= 0.3 is 50.5 Å². The minimum absolute atomic E-state index is 0.0642. The molecule has 3 aromatic carbocycles. The highest BCUT2D eigenvalue weighted by molar-refractivity contribution is 7.90. The van der Waals surface area contributed by atoms with Crippen molar-refractivity contribution < 1.29 is 98.2 Å². The third kappa shape index (κ3) is 21.7. The summed E-state index contributed by atoms with van der Waals surface area (Å²) in [6.07, 6.45) is -0.662. The molecule has 0 unspecified atom stereocenters. The Kier molecular flexibility index (Phi) is 24.5. The van der Waals surface area contributed by atoms with Crippen molar-refractivity contribution in [3.63, 3.8) is 0 Å². The second-order valence-electron chi connectivity index (χ2n) is 15.1. The number of ether oxygens (including phenoxy) is 4. The summed E-state index contributed by atoms with van der Waals surface area (Å²) in [5.41, 5.74) is -0.780. The van der Waals surface area contributed by atoms with Crippen LogP contribution in [0.2, 0.25) is 20.1 Å². The molecule has 25 nitrogen and oxygen atoms in total. The molecule has 0 bridgehead atoms. The van der Waals surface area contributed by atoms with Crippen LogP contribution in [0.1, 0.15) is 61.2 Å². The molecule has 75 heavy (non-hydrogen) atoms. The van der Waals surface area contributed by atoms with Gasteiger partial charge in [0.25, 0.3) is 10.0 Å². The van der Waals surface area contributed by atoms with E-state index in [-0.39, 0.29) is 37.9 Å². The van der Waals surface area contributed by atoms with E-state index >= 15 is 0 Å². The van der Waals surface area contributed by atoms with Crippen molar-refractivity contribution in [1.29, 1.82) is 0 Å². The van der Waals surface area contributed by atoms with Crippen LogP contribution >= 0.6 is 54.0 Å². The van der Waals surface area contributed by atoms with Gasteiger partial charge in [0.05, 0.1) is 63.5 Å². The average molecular weight is 1190 g/mol. The number of aliphatic carboxylic acids is 1. The number of hydrogen-bond acceptors (Lipinski definition) is 17. The third-order valence-corrected chi connectivity index (χ3v) is 11.0. The molecular formula is C40H42Cl4F4N7O18PS. The molecule has 2 heterocycles. The predicted molar refractivity (Wildman–Crippen MR) is 257 cm³/mol. The molecule has 0 radical (unpaired) electrons. The van der Waals surface area contributed by atoms with Crippen LogP contribution in [-0.2, 0) is 24.8 Å². The zero-order valence-electron chi connectivity index (χ0n) is 39.1. The van der Waals surface area contributed by atoms with Gasteiger partial charge in [0.1, 0.15) is 16.2 Å². The van der Waals surface area contributed by atoms with Gasteiger partial charge in [-0.05, 0) is 44.2 Å². The lowest BCUT2D eigenvalue weighted by Crippen LogP contribution is -2.35. The fourth-order valence-electron chi connectivity index (χ4n) is 4.94. The summed E-state index contributed by atoms with van der Waals surface area (Å²) in [4.78, 5) is 77.8. The summed E-state index contributed by atoms with van der Waals surface area (Å²) < 4.78 is 110. The Hall–Kier alpha value is -6.50. The maximum absolute atomic E-state index is 12.3. The second-order valence-corrected chi connectivity index (χ2v) is 20.0. The number of carboxylic acids is 3. The van der Waals surface area contributed by atoms with Crippen LogP contribution in [0.25, 0.3) is 5.69 Å². The minimum atomic E-state index is -4.71. The van der Waals surface area contributed by atoms with Crippen molar-refractivity contribution >= 4 is 93.9 Å². The van der Waals surface area contributed by atoms with Gasteiger partial charge in [0.2, 0.25) is 23.6 Å². The molecule has 0 atom stereocenters. The average Bonchev–Trinajstić information content (AvgIpc) is 3.66. The zero-order chi connectivity index (χ0) is 57.3. The number of anilines is 1. The van der Waals surface area contributed by atoms with E-state index in [1.807, 2.05) is 34.6 Å². The molecule has 5 aromatic rings. The van der Waals surface area contributed by atoms with E-state index < -0.39 is 102 Å². The van der Waals surface area contributed by atoms with Gasteiger partial charge in [0, 0.05) is 11.5 Å². The van der Waals surface area contributed by atoms with E-state index in [0.29, 0.717) is 28.4 Å². The molecule has 412 valence electrons. The number of urea groups is 1. The van der Waals surface area contributed by atoms with Crippen LogP contribution in [0.3, 0.4) is 0 Å². The lowest BCUT2D eigenvalue weighted by atomic mass is 9.97. The highest BCUT2D eigenvalue weighted by Gasteiger charge is 2.27. The van der Waals surface area contributed by atoms with Crippen LogP contribution in [0, 0.1) is 0 Å². The van der Waals surface area contributed by atoms with Crippen molar-refractivity contribution in [3.05, 3.63) is 102 Å². The van der Waals surface area contributed by atoms with E-state index in [9.17, 15) is 54.5 Å². The van der Waals surface area contributed by atoms with Crippen molar-refractivity contribution in [3.8, 4) is 28.9 Å². The maximum Gasteiger partial charge on any atom is 0.442 e. The summed E-state index contributed by atoms with van der Waals surface area (Å²) >= 11 is 23.7. The normalized spacial score (nSPS) is 11.2. The second kappa shape index (κ2) is 28.4. The highest BCUT2D eigenvalue weighted by Crippen LogP contribution is 2.35. The number of aromatic carboxylic acids is 2. The molecule has 35 heteroatoms. The van der Waals surface area contributed by atoms with Gasteiger partial charge in [0.15, 0.2) is 5.75 Å². The molecule has 2 aromatic heterocycles. The Morgan fingerprint density at radius 2 is 1.39 bits per heavy atom. The first kappa shape index (κ1) is 64.6. The number of amides is 2. The smallest absolute Gasteiger partial charge is 0.442 e. The van der Waals surface area contributed by atoms with Gasteiger partial charge in [-0.15, -0.1) is 5.10 Å². The number of carbonyl (C=O) groups is 4. The number of carboxylic acid groups (broad SMARTS) is 3.